The Balaban J connectivity index is 1.85. The Kier molecular flexibility index (Phi) is 4.52. The van der Waals surface area contributed by atoms with E-state index in [1.54, 1.807) is 49.4 Å². The van der Waals surface area contributed by atoms with Gasteiger partial charge in [0.25, 0.3) is 0 Å². The Morgan fingerprint density at radius 2 is 1.92 bits per heavy atom. The monoisotopic (exact) mass is 321 g/mol. The minimum atomic E-state index is -0.372. The van der Waals surface area contributed by atoms with Gasteiger partial charge in [0.1, 0.15) is 11.8 Å². The zero-order valence-electron chi connectivity index (χ0n) is 13.1. The van der Waals surface area contributed by atoms with Crippen LogP contribution in [0, 0.1) is 0 Å². The minimum Gasteiger partial charge on any atom is -0.463 e. The first-order valence-corrected chi connectivity index (χ1v) is 7.51. The third-order valence-electron chi connectivity index (χ3n) is 3.44. The van der Waals surface area contributed by atoms with E-state index >= 15 is 0 Å². The maximum absolute atomic E-state index is 12.4. The smallest absolute Gasteiger partial charge is 0.338 e. The summed E-state index contributed by atoms with van der Waals surface area (Å²) in [4.78, 5) is 28.2. The average Bonchev–Trinajstić information content (AvgIpc) is 2.62. The van der Waals surface area contributed by atoms with Crippen molar-refractivity contribution in [2.24, 2.45) is 4.99 Å². The summed E-state index contributed by atoms with van der Waals surface area (Å²) >= 11 is 0. The molecular weight excluding hydrogens is 306 g/mol. The van der Waals surface area contributed by atoms with Gasteiger partial charge in [0.2, 0.25) is 5.43 Å². The molecule has 24 heavy (non-hydrogen) atoms. The normalized spacial score (nSPS) is 11.0. The van der Waals surface area contributed by atoms with Gasteiger partial charge in [-0.1, -0.05) is 12.1 Å². The molecule has 0 amide bonds. The highest BCUT2D eigenvalue weighted by molar-refractivity contribution is 5.90. The summed E-state index contributed by atoms with van der Waals surface area (Å²) < 4.78 is 10.4. The second kappa shape index (κ2) is 6.91. The van der Waals surface area contributed by atoms with Crippen molar-refractivity contribution < 1.29 is 13.9 Å². The number of aliphatic imine (C=N–C) groups is 1. The molecule has 0 fully saturated rings. The van der Waals surface area contributed by atoms with Crippen molar-refractivity contribution in [1.82, 2.24) is 0 Å². The fraction of sp³-hybridized carbons (Fsp3) is 0.105. The molecule has 0 aliphatic carbocycles. The Labute approximate surface area is 138 Å². The average molecular weight is 321 g/mol. The van der Waals surface area contributed by atoms with E-state index in [-0.39, 0.29) is 11.4 Å². The summed E-state index contributed by atoms with van der Waals surface area (Å²) in [5, 5.41) is 0.513. The predicted octanol–water partition coefficient (Wildman–Crippen LogP) is 3.72. The molecule has 0 spiro atoms. The number of nitrogens with zero attached hydrogens (tertiary/aromatic N) is 1. The lowest BCUT2D eigenvalue weighted by molar-refractivity contribution is 0.0526. The molecule has 0 saturated heterocycles. The number of rotatable bonds is 4. The summed E-state index contributed by atoms with van der Waals surface area (Å²) in [6.45, 7) is 2.09. The fourth-order valence-electron chi connectivity index (χ4n) is 2.22. The van der Waals surface area contributed by atoms with Crippen LogP contribution in [0.5, 0.6) is 0 Å². The van der Waals surface area contributed by atoms with Gasteiger partial charge in [0.15, 0.2) is 0 Å². The summed E-state index contributed by atoms with van der Waals surface area (Å²) in [7, 11) is 0. The molecule has 1 heterocycles. The van der Waals surface area contributed by atoms with Crippen molar-refractivity contribution in [2.75, 3.05) is 6.61 Å². The van der Waals surface area contributed by atoms with Gasteiger partial charge in [0, 0.05) is 6.21 Å². The number of carbonyl (C=O) groups excluding carboxylic acids is 1. The highest BCUT2D eigenvalue weighted by Gasteiger charge is 2.06. The highest BCUT2D eigenvalue weighted by Crippen LogP contribution is 2.14. The maximum Gasteiger partial charge on any atom is 0.338 e. The topological polar surface area (TPSA) is 68.9 Å². The molecule has 0 bridgehead atoms. The van der Waals surface area contributed by atoms with Crippen LogP contribution in [-0.2, 0) is 4.74 Å². The van der Waals surface area contributed by atoms with E-state index in [1.165, 1.54) is 12.5 Å². The van der Waals surface area contributed by atoms with E-state index in [9.17, 15) is 9.59 Å². The van der Waals surface area contributed by atoms with Crippen LogP contribution in [0.25, 0.3) is 11.0 Å². The molecule has 0 N–H and O–H groups in total. The number of fused-ring (bicyclic) bond motifs is 1. The molecular formula is C19H15NO4. The zero-order valence-corrected chi connectivity index (χ0v) is 13.1. The van der Waals surface area contributed by atoms with Crippen molar-refractivity contribution in [3.8, 4) is 0 Å². The Morgan fingerprint density at radius 1 is 1.17 bits per heavy atom. The summed E-state index contributed by atoms with van der Waals surface area (Å²) in [5.41, 5.74) is 1.85. The largest absolute Gasteiger partial charge is 0.463 e. The van der Waals surface area contributed by atoms with Gasteiger partial charge in [-0.3, -0.25) is 9.79 Å². The van der Waals surface area contributed by atoms with Crippen LogP contribution >= 0.6 is 0 Å². The maximum atomic E-state index is 12.4. The fourth-order valence-corrected chi connectivity index (χ4v) is 2.22. The zero-order chi connectivity index (χ0) is 16.9. The molecule has 0 aliphatic rings. The number of esters is 1. The van der Waals surface area contributed by atoms with Crippen molar-refractivity contribution in [3.63, 3.8) is 0 Å². The molecule has 3 rings (SSSR count). The minimum absolute atomic E-state index is 0.135. The van der Waals surface area contributed by atoms with Gasteiger partial charge < -0.3 is 9.15 Å². The van der Waals surface area contributed by atoms with Gasteiger partial charge >= 0.3 is 5.97 Å². The SMILES string of the molecule is CCOC(=O)c1ccc(N=Cc2coc3ccccc3c2=O)cc1. The molecule has 3 aromatic rings. The van der Waals surface area contributed by atoms with Crippen molar-refractivity contribution in [1.29, 1.82) is 0 Å². The second-order valence-electron chi connectivity index (χ2n) is 5.04. The van der Waals surface area contributed by atoms with Crippen LogP contribution in [-0.4, -0.2) is 18.8 Å². The van der Waals surface area contributed by atoms with Crippen LogP contribution in [0.4, 0.5) is 5.69 Å². The van der Waals surface area contributed by atoms with Gasteiger partial charge in [-0.2, -0.15) is 0 Å². The number of ether oxygens (including phenoxy) is 1. The molecule has 120 valence electrons. The van der Waals surface area contributed by atoms with Crippen LogP contribution in [0.15, 0.2) is 69.0 Å². The lowest BCUT2D eigenvalue weighted by Crippen LogP contribution is -2.07. The molecule has 5 nitrogen and oxygen atoms in total. The third-order valence-corrected chi connectivity index (χ3v) is 3.44. The van der Waals surface area contributed by atoms with Crippen molar-refractivity contribution >= 4 is 28.8 Å². The Bertz CT molecular complexity index is 955. The second-order valence-corrected chi connectivity index (χ2v) is 5.04. The van der Waals surface area contributed by atoms with Crippen molar-refractivity contribution in [3.05, 3.63) is 76.1 Å². The first-order chi connectivity index (χ1) is 11.7. The highest BCUT2D eigenvalue weighted by atomic mass is 16.5. The lowest BCUT2D eigenvalue weighted by Gasteiger charge is -2.01. The molecule has 1 aromatic heterocycles. The van der Waals surface area contributed by atoms with Crippen LogP contribution in [0.1, 0.15) is 22.8 Å². The van der Waals surface area contributed by atoms with E-state index in [2.05, 4.69) is 4.99 Å². The molecule has 5 heteroatoms. The quantitative estimate of drug-likeness (QED) is 0.542. The summed E-state index contributed by atoms with van der Waals surface area (Å²) in [6, 6.07) is 13.7. The first-order valence-electron chi connectivity index (χ1n) is 7.51. The number of hydrogen-bond acceptors (Lipinski definition) is 5. The van der Waals surface area contributed by atoms with E-state index < -0.39 is 0 Å². The summed E-state index contributed by atoms with van der Waals surface area (Å²) in [5.74, 6) is -0.372. The number of hydrogen-bond donors (Lipinski definition) is 0. The Hall–Kier alpha value is -3.21. The number of para-hydroxylation sites is 1. The van der Waals surface area contributed by atoms with E-state index in [0.717, 1.165) is 0 Å². The number of benzene rings is 2. The van der Waals surface area contributed by atoms with Gasteiger partial charge in [0.05, 0.1) is 28.8 Å². The lowest BCUT2D eigenvalue weighted by atomic mass is 10.2. The van der Waals surface area contributed by atoms with E-state index in [1.807, 2.05) is 6.07 Å². The van der Waals surface area contributed by atoms with Crippen molar-refractivity contribution in [2.45, 2.75) is 6.92 Å². The Morgan fingerprint density at radius 3 is 2.67 bits per heavy atom. The number of carbonyl (C=O) groups is 1. The predicted molar refractivity (Wildman–Crippen MR) is 92.1 cm³/mol. The first kappa shape index (κ1) is 15.7. The van der Waals surface area contributed by atoms with Gasteiger partial charge in [-0.05, 0) is 43.3 Å². The van der Waals surface area contributed by atoms with Crippen LogP contribution < -0.4 is 5.43 Å². The van der Waals surface area contributed by atoms with Gasteiger partial charge in [-0.15, -0.1) is 0 Å². The molecule has 0 radical (unpaired) electrons. The van der Waals surface area contributed by atoms with E-state index in [0.29, 0.717) is 34.4 Å². The van der Waals surface area contributed by atoms with Crippen LogP contribution in [0.3, 0.4) is 0 Å². The molecule has 2 aromatic carbocycles. The summed E-state index contributed by atoms with van der Waals surface area (Å²) in [6.07, 6.45) is 2.85. The standard InChI is InChI=1S/C19H15NO4/c1-2-23-19(22)13-7-9-15(10-8-13)20-11-14-12-24-17-6-4-3-5-16(17)18(14)21/h3-12H,2H2,1H3. The van der Waals surface area contributed by atoms with E-state index in [4.69, 9.17) is 9.15 Å². The molecule has 0 unspecified atom stereocenters. The molecule has 0 aliphatic heterocycles. The molecule has 0 saturated carbocycles. The third kappa shape index (κ3) is 3.25. The van der Waals surface area contributed by atoms with Crippen LogP contribution in [0.2, 0.25) is 0 Å². The molecule has 0 atom stereocenters. The van der Waals surface area contributed by atoms with Gasteiger partial charge in [-0.25, -0.2) is 4.79 Å².